The molecule has 9 heteroatoms. The van der Waals surface area contributed by atoms with Crippen molar-refractivity contribution in [2.24, 2.45) is 0 Å². The van der Waals surface area contributed by atoms with Crippen LogP contribution in [-0.4, -0.2) is 55.4 Å². The number of hydrogen-bond donors (Lipinski definition) is 2. The molecule has 0 saturated carbocycles. The van der Waals surface area contributed by atoms with E-state index in [4.69, 9.17) is 4.74 Å². The Morgan fingerprint density at radius 2 is 2.12 bits per heavy atom. The summed E-state index contributed by atoms with van der Waals surface area (Å²) < 4.78 is 7.61. The lowest BCUT2D eigenvalue weighted by molar-refractivity contribution is 0.0937. The van der Waals surface area contributed by atoms with E-state index in [1.54, 1.807) is 30.6 Å². The third-order valence-electron chi connectivity index (χ3n) is 5.54. The lowest BCUT2D eigenvalue weighted by Crippen LogP contribution is -2.30. The Kier molecular flexibility index (Phi) is 6.65. The van der Waals surface area contributed by atoms with Gasteiger partial charge in [0.25, 0.3) is 5.91 Å². The van der Waals surface area contributed by atoms with Gasteiger partial charge in [-0.15, -0.1) is 10.2 Å². The molecule has 9 nitrogen and oxygen atoms in total. The Morgan fingerprint density at radius 1 is 1.25 bits per heavy atom. The number of fused-ring (bicyclic) bond motifs is 1. The lowest BCUT2D eigenvalue weighted by atomic mass is 10.2. The molecule has 0 unspecified atom stereocenters. The van der Waals surface area contributed by atoms with Gasteiger partial charge in [0.1, 0.15) is 5.82 Å². The van der Waals surface area contributed by atoms with E-state index in [2.05, 4.69) is 30.0 Å². The number of carbonyl (C=O) groups is 1. The number of nitrogens with zero attached hydrogens (tertiary/aromatic N) is 5. The van der Waals surface area contributed by atoms with E-state index in [-0.39, 0.29) is 17.7 Å². The molecule has 1 aromatic carbocycles. The van der Waals surface area contributed by atoms with Gasteiger partial charge in [-0.1, -0.05) is 6.07 Å². The van der Waals surface area contributed by atoms with Crippen molar-refractivity contribution in [2.75, 3.05) is 19.7 Å². The van der Waals surface area contributed by atoms with Crippen molar-refractivity contribution < 1.29 is 14.6 Å². The summed E-state index contributed by atoms with van der Waals surface area (Å²) >= 11 is 0. The third-order valence-corrected chi connectivity index (χ3v) is 5.54. The molecule has 0 saturated heterocycles. The number of aromatic nitrogens is 4. The van der Waals surface area contributed by atoms with Crippen LogP contribution < -0.4 is 10.1 Å². The van der Waals surface area contributed by atoms with Crippen molar-refractivity contribution in [3.63, 3.8) is 0 Å². The first kappa shape index (κ1) is 21.8. The van der Waals surface area contributed by atoms with Crippen LogP contribution in [0, 0.1) is 0 Å². The molecule has 32 heavy (non-hydrogen) atoms. The highest BCUT2D eigenvalue weighted by Crippen LogP contribution is 2.27. The molecule has 0 bridgehead atoms. The maximum atomic E-state index is 12.5. The number of nitrogens with one attached hydrogen (secondary N) is 1. The fourth-order valence-corrected chi connectivity index (χ4v) is 3.90. The Morgan fingerprint density at radius 3 is 2.91 bits per heavy atom. The van der Waals surface area contributed by atoms with Crippen LogP contribution in [0.4, 0.5) is 0 Å². The van der Waals surface area contributed by atoms with Crippen LogP contribution in [0.3, 0.4) is 0 Å². The number of hydrogen-bond acceptors (Lipinski definition) is 7. The average molecular weight is 437 g/mol. The van der Waals surface area contributed by atoms with E-state index in [9.17, 15) is 9.90 Å². The van der Waals surface area contributed by atoms with Gasteiger partial charge in [-0.05, 0) is 43.7 Å². The highest BCUT2D eigenvalue weighted by Gasteiger charge is 2.23. The second-order valence-corrected chi connectivity index (χ2v) is 7.82. The van der Waals surface area contributed by atoms with Crippen molar-refractivity contribution in [3.8, 4) is 11.5 Å². The Balaban J connectivity index is 1.41. The van der Waals surface area contributed by atoms with Crippen LogP contribution in [0.15, 0.2) is 42.7 Å². The van der Waals surface area contributed by atoms with Crippen molar-refractivity contribution in [3.05, 3.63) is 65.5 Å². The Hall–Kier alpha value is -3.46. The molecule has 0 radical (unpaired) electrons. The third kappa shape index (κ3) is 4.88. The second-order valence-electron chi connectivity index (χ2n) is 7.82. The SMILES string of the molecule is CCOc1cc(CN2CCc3nnc([C@@H](C)NC(=O)c4cccnc4)n3CC2)ccc1O. The van der Waals surface area contributed by atoms with Gasteiger partial charge in [-0.2, -0.15) is 0 Å². The van der Waals surface area contributed by atoms with Gasteiger partial charge >= 0.3 is 0 Å². The molecule has 0 fully saturated rings. The summed E-state index contributed by atoms with van der Waals surface area (Å²) in [6, 6.07) is 8.69. The predicted octanol–water partition coefficient (Wildman–Crippen LogP) is 2.33. The topological polar surface area (TPSA) is 105 Å². The molecule has 1 amide bonds. The maximum Gasteiger partial charge on any atom is 0.253 e. The van der Waals surface area contributed by atoms with Crippen molar-refractivity contribution in [1.29, 1.82) is 0 Å². The van der Waals surface area contributed by atoms with Gasteiger partial charge < -0.3 is 19.7 Å². The number of carbonyl (C=O) groups excluding carboxylic acids is 1. The molecule has 3 aromatic rings. The number of pyridine rings is 1. The fraction of sp³-hybridized carbons (Fsp3) is 0.391. The van der Waals surface area contributed by atoms with E-state index in [0.717, 1.165) is 49.8 Å². The first-order chi connectivity index (χ1) is 15.5. The number of phenolic OH excluding ortho intramolecular Hbond substituents is 1. The summed E-state index contributed by atoms with van der Waals surface area (Å²) in [7, 11) is 0. The standard InChI is InChI=1S/C23H28N6O3/c1-3-32-20-13-17(6-7-19(20)30)15-28-10-8-21-26-27-22(29(21)12-11-28)16(2)25-23(31)18-5-4-9-24-14-18/h4-7,9,13-14,16,30H,3,8,10-12,15H2,1-2H3,(H,25,31)/t16-/m1/s1. The summed E-state index contributed by atoms with van der Waals surface area (Å²) in [6.45, 7) is 7.48. The van der Waals surface area contributed by atoms with Crippen molar-refractivity contribution >= 4 is 5.91 Å². The van der Waals surface area contributed by atoms with Crippen molar-refractivity contribution in [2.45, 2.75) is 39.4 Å². The predicted molar refractivity (Wildman–Crippen MR) is 118 cm³/mol. The van der Waals surface area contributed by atoms with Crippen LogP contribution in [0.1, 0.15) is 47.5 Å². The highest BCUT2D eigenvalue weighted by atomic mass is 16.5. The zero-order chi connectivity index (χ0) is 22.5. The molecule has 1 atom stereocenters. The van der Waals surface area contributed by atoms with Crippen LogP contribution in [-0.2, 0) is 19.5 Å². The Labute approximate surface area is 187 Å². The molecule has 0 aliphatic carbocycles. The number of rotatable bonds is 7. The molecule has 4 rings (SSSR count). The number of benzene rings is 1. The zero-order valence-corrected chi connectivity index (χ0v) is 18.4. The van der Waals surface area contributed by atoms with Gasteiger partial charge in [0.05, 0.1) is 18.2 Å². The van der Waals surface area contributed by atoms with E-state index in [0.29, 0.717) is 17.9 Å². The van der Waals surface area contributed by atoms with Gasteiger partial charge in [-0.25, -0.2) is 0 Å². The minimum atomic E-state index is -0.277. The number of phenols is 1. The molecule has 2 aromatic heterocycles. The molecule has 1 aliphatic heterocycles. The van der Waals surface area contributed by atoms with Gasteiger partial charge in [0.15, 0.2) is 17.3 Å². The Bertz CT molecular complexity index is 1070. The minimum absolute atomic E-state index is 0.157. The molecule has 1 aliphatic rings. The molecule has 2 N–H and O–H groups in total. The number of amides is 1. The fourth-order valence-electron chi connectivity index (χ4n) is 3.90. The van der Waals surface area contributed by atoms with Gasteiger partial charge in [-0.3, -0.25) is 14.7 Å². The van der Waals surface area contributed by atoms with Crippen LogP contribution in [0.5, 0.6) is 11.5 Å². The van der Waals surface area contributed by atoms with Gasteiger partial charge in [0.2, 0.25) is 0 Å². The summed E-state index contributed by atoms with van der Waals surface area (Å²) in [5.41, 5.74) is 1.60. The monoisotopic (exact) mass is 436 g/mol. The average Bonchev–Trinajstić information content (AvgIpc) is 3.11. The highest BCUT2D eigenvalue weighted by molar-refractivity contribution is 5.94. The summed E-state index contributed by atoms with van der Waals surface area (Å²) in [5.74, 6) is 2.16. The zero-order valence-electron chi connectivity index (χ0n) is 18.4. The second kappa shape index (κ2) is 9.78. The van der Waals surface area contributed by atoms with E-state index >= 15 is 0 Å². The lowest BCUT2D eigenvalue weighted by Gasteiger charge is -2.20. The smallest absolute Gasteiger partial charge is 0.253 e. The largest absolute Gasteiger partial charge is 0.504 e. The normalized spacial score (nSPS) is 14.9. The summed E-state index contributed by atoms with van der Waals surface area (Å²) in [5, 5.41) is 21.7. The quantitative estimate of drug-likeness (QED) is 0.586. The van der Waals surface area contributed by atoms with Gasteiger partial charge in [0, 0.05) is 45.0 Å². The number of ether oxygens (including phenoxy) is 1. The first-order valence-electron chi connectivity index (χ1n) is 10.8. The molecular formula is C23H28N6O3. The van der Waals surface area contributed by atoms with E-state index < -0.39 is 0 Å². The van der Waals surface area contributed by atoms with Crippen molar-refractivity contribution in [1.82, 2.24) is 30.0 Å². The number of aromatic hydroxyl groups is 1. The molecule has 0 spiro atoms. The minimum Gasteiger partial charge on any atom is -0.504 e. The first-order valence-corrected chi connectivity index (χ1v) is 10.8. The summed E-state index contributed by atoms with van der Waals surface area (Å²) in [6.07, 6.45) is 3.96. The molecular weight excluding hydrogens is 408 g/mol. The van der Waals surface area contributed by atoms with E-state index in [1.165, 1.54) is 0 Å². The maximum absolute atomic E-state index is 12.5. The van der Waals surface area contributed by atoms with Crippen LogP contribution in [0.2, 0.25) is 0 Å². The van der Waals surface area contributed by atoms with E-state index in [1.807, 2.05) is 26.0 Å². The van der Waals surface area contributed by atoms with Crippen LogP contribution >= 0.6 is 0 Å². The molecule has 168 valence electrons. The summed E-state index contributed by atoms with van der Waals surface area (Å²) in [4.78, 5) is 18.8. The molecule has 3 heterocycles. The van der Waals surface area contributed by atoms with Crippen LogP contribution in [0.25, 0.3) is 0 Å².